The van der Waals surface area contributed by atoms with Gasteiger partial charge in [0.2, 0.25) is 0 Å². The van der Waals surface area contributed by atoms with Crippen molar-refractivity contribution in [2.75, 3.05) is 33.2 Å². The van der Waals surface area contributed by atoms with Gasteiger partial charge in [0.15, 0.2) is 0 Å². The minimum atomic E-state index is -0.244. The fourth-order valence-corrected chi connectivity index (χ4v) is 3.81. The van der Waals surface area contributed by atoms with Crippen molar-refractivity contribution in [1.82, 2.24) is 18.9 Å². The molecule has 116 valence electrons. The third-order valence-electron chi connectivity index (χ3n) is 5.16. The quantitative estimate of drug-likeness (QED) is 0.745. The van der Waals surface area contributed by atoms with Crippen LogP contribution in [-0.4, -0.2) is 52.2 Å². The van der Waals surface area contributed by atoms with Crippen LogP contribution in [-0.2, 0) is 20.6 Å². The first kappa shape index (κ1) is 14.5. The highest BCUT2D eigenvalue weighted by Gasteiger charge is 2.42. The highest BCUT2D eigenvalue weighted by Crippen LogP contribution is 2.39. The summed E-state index contributed by atoms with van der Waals surface area (Å²) in [6.45, 7) is 5.16. The zero-order valence-electron chi connectivity index (χ0n) is 13.1. The van der Waals surface area contributed by atoms with Crippen molar-refractivity contribution >= 4 is 0 Å². The molecule has 0 bridgehead atoms. The van der Waals surface area contributed by atoms with E-state index in [0.29, 0.717) is 12.0 Å². The molecule has 2 saturated heterocycles. The summed E-state index contributed by atoms with van der Waals surface area (Å²) in [7, 11) is 5.45. The van der Waals surface area contributed by atoms with Crippen molar-refractivity contribution in [3.8, 4) is 0 Å². The monoisotopic (exact) mass is 292 g/mol. The van der Waals surface area contributed by atoms with Crippen LogP contribution in [0.4, 0.5) is 0 Å². The molecule has 1 spiro atoms. The molecule has 21 heavy (non-hydrogen) atoms. The smallest absolute Gasteiger partial charge is 0.306 e. The van der Waals surface area contributed by atoms with Crippen molar-refractivity contribution in [2.24, 2.45) is 19.5 Å². The molecule has 1 aromatic rings. The van der Waals surface area contributed by atoms with E-state index in [1.807, 2.05) is 0 Å². The highest BCUT2D eigenvalue weighted by molar-refractivity contribution is 5.04. The second-order valence-electron chi connectivity index (χ2n) is 6.82. The van der Waals surface area contributed by atoms with Gasteiger partial charge in [0.1, 0.15) is 0 Å². The lowest BCUT2D eigenvalue weighted by Gasteiger charge is -2.24. The number of hydrogen-bond donors (Lipinski definition) is 0. The molecule has 0 unspecified atom stereocenters. The van der Waals surface area contributed by atoms with Crippen LogP contribution in [0.3, 0.4) is 0 Å². The van der Waals surface area contributed by atoms with Gasteiger partial charge in [-0.1, -0.05) is 0 Å². The zero-order chi connectivity index (χ0) is 15.2. The fourth-order valence-electron chi connectivity index (χ4n) is 3.81. The maximum absolute atomic E-state index is 12.0. The first-order valence-electron chi connectivity index (χ1n) is 7.57. The molecule has 3 heterocycles. The van der Waals surface area contributed by atoms with Crippen molar-refractivity contribution in [3.05, 3.63) is 32.6 Å². The molecular formula is C15H24N4O2. The summed E-state index contributed by atoms with van der Waals surface area (Å²) < 4.78 is 2.74. The van der Waals surface area contributed by atoms with E-state index in [9.17, 15) is 9.59 Å². The predicted molar refractivity (Wildman–Crippen MR) is 81.4 cm³/mol. The summed E-state index contributed by atoms with van der Waals surface area (Å²) in [5.41, 5.74) is 0.772. The topological polar surface area (TPSA) is 50.5 Å². The summed E-state index contributed by atoms with van der Waals surface area (Å²) in [5, 5.41) is 0. The van der Waals surface area contributed by atoms with E-state index in [4.69, 9.17) is 0 Å². The minimum absolute atomic E-state index is 0.220. The van der Waals surface area contributed by atoms with Crippen LogP contribution in [0, 0.1) is 5.41 Å². The normalized spacial score (nSPS) is 27.0. The van der Waals surface area contributed by atoms with E-state index in [1.165, 1.54) is 33.0 Å². The van der Waals surface area contributed by atoms with Crippen molar-refractivity contribution in [1.29, 1.82) is 0 Å². The van der Waals surface area contributed by atoms with Gasteiger partial charge in [-0.15, -0.1) is 0 Å². The van der Waals surface area contributed by atoms with Crippen molar-refractivity contribution in [2.45, 2.75) is 19.4 Å². The SMILES string of the molecule is CN1CC[C@@]2(CCN(Cc3cc(=O)n(C)c(=O)n3C)C2)C1. The lowest BCUT2D eigenvalue weighted by molar-refractivity contribution is 0.246. The van der Waals surface area contributed by atoms with Crippen molar-refractivity contribution in [3.63, 3.8) is 0 Å². The third kappa shape index (κ3) is 2.58. The first-order valence-corrected chi connectivity index (χ1v) is 7.57. The highest BCUT2D eigenvalue weighted by atomic mass is 16.2. The molecule has 6 heteroatoms. The standard InChI is InChI=1S/C15H24N4O2/c1-16-6-4-15(10-16)5-7-19(11-15)9-12-8-13(20)18(3)14(21)17(12)2/h8H,4-7,9-11H2,1-3H3/t15-/m1/s1. The third-order valence-corrected chi connectivity index (χ3v) is 5.16. The van der Waals surface area contributed by atoms with Crippen molar-refractivity contribution < 1.29 is 0 Å². The Kier molecular flexibility index (Phi) is 3.53. The van der Waals surface area contributed by atoms with E-state index >= 15 is 0 Å². The Hall–Kier alpha value is -1.40. The average molecular weight is 292 g/mol. The molecular weight excluding hydrogens is 268 g/mol. The van der Waals surface area contributed by atoms with Gasteiger partial charge in [-0.3, -0.25) is 18.8 Å². The van der Waals surface area contributed by atoms with Gasteiger partial charge in [0, 0.05) is 45.5 Å². The van der Waals surface area contributed by atoms with Crippen LogP contribution in [0.1, 0.15) is 18.5 Å². The van der Waals surface area contributed by atoms with Gasteiger partial charge in [-0.25, -0.2) is 4.79 Å². The lowest BCUT2D eigenvalue weighted by atomic mass is 9.86. The Morgan fingerprint density at radius 2 is 1.76 bits per heavy atom. The fraction of sp³-hybridized carbons (Fsp3) is 0.733. The van der Waals surface area contributed by atoms with Crippen LogP contribution in [0.25, 0.3) is 0 Å². The van der Waals surface area contributed by atoms with Gasteiger partial charge >= 0.3 is 5.69 Å². The zero-order valence-corrected chi connectivity index (χ0v) is 13.1. The van der Waals surface area contributed by atoms with Crippen LogP contribution in [0.15, 0.2) is 15.7 Å². The Bertz CT molecular complexity index is 663. The number of nitrogens with zero attached hydrogens (tertiary/aromatic N) is 4. The molecule has 2 fully saturated rings. The maximum Gasteiger partial charge on any atom is 0.330 e. The van der Waals surface area contributed by atoms with Gasteiger partial charge in [-0.05, 0) is 38.4 Å². The summed E-state index contributed by atoms with van der Waals surface area (Å²) in [4.78, 5) is 28.6. The number of aromatic nitrogens is 2. The summed E-state index contributed by atoms with van der Waals surface area (Å²) >= 11 is 0. The Morgan fingerprint density at radius 1 is 1.05 bits per heavy atom. The van der Waals surface area contributed by atoms with Crippen LogP contribution < -0.4 is 11.2 Å². The molecule has 6 nitrogen and oxygen atoms in total. The Morgan fingerprint density at radius 3 is 2.43 bits per heavy atom. The summed E-state index contributed by atoms with van der Waals surface area (Å²) in [6.07, 6.45) is 2.48. The van der Waals surface area contributed by atoms with Gasteiger partial charge in [-0.2, -0.15) is 0 Å². The molecule has 0 saturated carbocycles. The molecule has 2 aliphatic rings. The molecule has 0 N–H and O–H groups in total. The van der Waals surface area contributed by atoms with E-state index < -0.39 is 0 Å². The molecule has 0 radical (unpaired) electrons. The molecule has 0 aromatic carbocycles. The molecule has 1 aromatic heterocycles. The molecule has 3 rings (SSSR count). The first-order chi connectivity index (χ1) is 9.90. The Labute approximate surface area is 124 Å². The van der Waals surface area contributed by atoms with Gasteiger partial charge in [0.25, 0.3) is 5.56 Å². The Balaban J connectivity index is 1.77. The molecule has 0 aliphatic carbocycles. The second-order valence-corrected chi connectivity index (χ2v) is 6.82. The number of rotatable bonds is 2. The van der Waals surface area contributed by atoms with Crippen LogP contribution >= 0.6 is 0 Å². The van der Waals surface area contributed by atoms with E-state index in [-0.39, 0.29) is 11.2 Å². The summed E-state index contributed by atoms with van der Waals surface area (Å²) in [6, 6.07) is 1.59. The predicted octanol–water partition coefficient (Wildman–Crippen LogP) is -0.388. The van der Waals surface area contributed by atoms with Crippen LogP contribution in [0.2, 0.25) is 0 Å². The molecule has 2 aliphatic heterocycles. The van der Waals surface area contributed by atoms with E-state index in [1.54, 1.807) is 17.7 Å². The molecule has 0 amide bonds. The van der Waals surface area contributed by atoms with E-state index in [2.05, 4.69) is 16.8 Å². The average Bonchev–Trinajstić information content (AvgIpc) is 3.00. The largest absolute Gasteiger partial charge is 0.330 e. The molecule has 1 atom stereocenters. The van der Waals surface area contributed by atoms with Gasteiger partial charge < -0.3 is 4.90 Å². The van der Waals surface area contributed by atoms with E-state index in [0.717, 1.165) is 23.4 Å². The second kappa shape index (κ2) is 5.10. The van der Waals surface area contributed by atoms with Crippen LogP contribution in [0.5, 0.6) is 0 Å². The lowest BCUT2D eigenvalue weighted by Crippen LogP contribution is -2.39. The van der Waals surface area contributed by atoms with Gasteiger partial charge in [0.05, 0.1) is 0 Å². The number of hydrogen-bond acceptors (Lipinski definition) is 4. The maximum atomic E-state index is 12.0. The summed E-state index contributed by atoms with van der Waals surface area (Å²) in [5.74, 6) is 0. The number of likely N-dealkylation sites (tertiary alicyclic amines) is 2. The minimum Gasteiger partial charge on any atom is -0.306 e.